The number of ether oxygens (including phenoxy) is 3. The van der Waals surface area contributed by atoms with E-state index >= 15 is 0 Å². The molecule has 3 aromatic carbocycles. The Morgan fingerprint density at radius 2 is 1.79 bits per heavy atom. The molecule has 1 unspecified atom stereocenters. The van der Waals surface area contributed by atoms with Gasteiger partial charge in [-0.05, 0) is 54.4 Å². The van der Waals surface area contributed by atoms with Crippen LogP contribution in [0.25, 0.3) is 0 Å². The van der Waals surface area contributed by atoms with Gasteiger partial charge in [-0.2, -0.15) is 5.26 Å². The van der Waals surface area contributed by atoms with Crippen molar-refractivity contribution in [1.29, 1.82) is 5.26 Å². The van der Waals surface area contributed by atoms with E-state index in [0.717, 1.165) is 22.0 Å². The highest BCUT2D eigenvalue weighted by atomic mass is 79.9. The van der Waals surface area contributed by atoms with E-state index < -0.39 is 5.97 Å². The number of rotatable bonds is 6. The Morgan fingerprint density at radius 1 is 1.09 bits per heavy atom. The number of allylic oxidation sites excluding steroid dienone is 1. The predicted octanol–water partition coefficient (Wildman–Crippen LogP) is 5.68. The van der Waals surface area contributed by atoms with Gasteiger partial charge in [-0.3, -0.25) is 0 Å². The molecule has 0 saturated carbocycles. The molecule has 0 spiro atoms. The smallest absolute Gasteiger partial charge is 0.343 e. The summed E-state index contributed by atoms with van der Waals surface area (Å²) >= 11 is 3.43. The zero-order valence-corrected chi connectivity index (χ0v) is 19.5. The Kier molecular flexibility index (Phi) is 6.66. The van der Waals surface area contributed by atoms with Crippen molar-refractivity contribution in [2.45, 2.75) is 19.3 Å². The maximum absolute atomic E-state index is 12.6. The number of nitrogens with two attached hydrogens (primary N) is 1. The second-order valence-electron chi connectivity index (χ2n) is 7.44. The van der Waals surface area contributed by atoms with Crippen molar-refractivity contribution < 1.29 is 19.0 Å². The van der Waals surface area contributed by atoms with Crippen molar-refractivity contribution >= 4 is 21.9 Å². The van der Waals surface area contributed by atoms with E-state index in [9.17, 15) is 10.1 Å². The molecule has 0 bridgehead atoms. The number of carbonyl (C=O) groups excluding carboxylic acids is 1. The van der Waals surface area contributed by atoms with E-state index in [4.69, 9.17) is 19.9 Å². The summed E-state index contributed by atoms with van der Waals surface area (Å²) in [7, 11) is 0. The van der Waals surface area contributed by atoms with Crippen LogP contribution in [0.2, 0.25) is 0 Å². The van der Waals surface area contributed by atoms with Crippen LogP contribution in [0.4, 0.5) is 0 Å². The number of benzene rings is 3. The fourth-order valence-electron chi connectivity index (χ4n) is 3.57. The molecule has 3 aromatic rings. The number of halogens is 1. The van der Waals surface area contributed by atoms with E-state index in [0.29, 0.717) is 35.0 Å². The minimum Gasteiger partial charge on any atom is -0.494 e. The number of fused-ring (bicyclic) bond motifs is 1. The predicted molar refractivity (Wildman–Crippen MR) is 127 cm³/mol. The molecule has 0 aliphatic carbocycles. The fourth-order valence-corrected chi connectivity index (χ4v) is 3.83. The van der Waals surface area contributed by atoms with Gasteiger partial charge in [-0.15, -0.1) is 0 Å². The van der Waals surface area contributed by atoms with Crippen LogP contribution in [0.15, 0.2) is 82.7 Å². The van der Waals surface area contributed by atoms with Crippen LogP contribution in [-0.2, 0) is 0 Å². The number of esters is 1. The summed E-state index contributed by atoms with van der Waals surface area (Å²) in [6.45, 7) is 2.64. The van der Waals surface area contributed by atoms with E-state index in [1.807, 2.05) is 31.2 Å². The van der Waals surface area contributed by atoms with Gasteiger partial charge in [0.2, 0.25) is 5.88 Å². The molecule has 0 aromatic heterocycles. The molecule has 1 aliphatic heterocycles. The molecule has 33 heavy (non-hydrogen) atoms. The standard InChI is InChI=1S/C26H21BrN2O4/c1-2-13-31-19-9-5-17(6-10-19)26(30)32-20-11-12-21-23(14-20)33-25(29)22(15-28)24(21)16-3-7-18(27)8-4-16/h3-12,14,24H,2,13,29H2,1H3. The molecular weight excluding hydrogens is 484 g/mol. The molecule has 0 fully saturated rings. The summed E-state index contributed by atoms with van der Waals surface area (Å²) in [5, 5.41) is 9.68. The van der Waals surface area contributed by atoms with Crippen molar-refractivity contribution in [2.24, 2.45) is 5.73 Å². The first-order valence-corrected chi connectivity index (χ1v) is 11.2. The topological polar surface area (TPSA) is 94.6 Å². The zero-order valence-electron chi connectivity index (χ0n) is 17.9. The normalized spacial score (nSPS) is 14.6. The third-order valence-electron chi connectivity index (χ3n) is 5.17. The Morgan fingerprint density at radius 3 is 2.45 bits per heavy atom. The monoisotopic (exact) mass is 504 g/mol. The molecule has 166 valence electrons. The lowest BCUT2D eigenvalue weighted by molar-refractivity contribution is 0.0734. The molecule has 6 nitrogen and oxygen atoms in total. The van der Waals surface area contributed by atoms with E-state index in [1.54, 1.807) is 42.5 Å². The minimum absolute atomic E-state index is 0.0315. The molecule has 7 heteroatoms. The number of nitrogens with zero attached hydrogens (tertiary/aromatic N) is 1. The van der Waals surface area contributed by atoms with E-state index in [2.05, 4.69) is 22.0 Å². The number of hydrogen-bond donors (Lipinski definition) is 1. The van der Waals surface area contributed by atoms with Gasteiger partial charge in [0.1, 0.15) is 28.9 Å². The van der Waals surface area contributed by atoms with Crippen molar-refractivity contribution in [2.75, 3.05) is 6.61 Å². The van der Waals surface area contributed by atoms with Crippen LogP contribution in [0.5, 0.6) is 17.2 Å². The molecule has 4 rings (SSSR count). The van der Waals surface area contributed by atoms with Gasteiger partial charge >= 0.3 is 5.97 Å². The number of nitriles is 1. The van der Waals surface area contributed by atoms with Gasteiger partial charge in [-0.1, -0.05) is 41.1 Å². The second kappa shape index (κ2) is 9.80. The minimum atomic E-state index is -0.501. The van der Waals surface area contributed by atoms with Gasteiger partial charge in [-0.25, -0.2) is 4.79 Å². The highest BCUT2D eigenvalue weighted by molar-refractivity contribution is 9.10. The third kappa shape index (κ3) is 4.86. The maximum Gasteiger partial charge on any atom is 0.343 e. The number of hydrogen-bond acceptors (Lipinski definition) is 6. The Hall–Kier alpha value is -3.76. The Bertz CT molecular complexity index is 1240. The van der Waals surface area contributed by atoms with Crippen molar-refractivity contribution in [3.63, 3.8) is 0 Å². The average Bonchev–Trinajstić information content (AvgIpc) is 2.82. The van der Waals surface area contributed by atoms with Crippen molar-refractivity contribution in [3.05, 3.63) is 99.3 Å². The van der Waals surface area contributed by atoms with Crippen LogP contribution in [0.1, 0.15) is 40.7 Å². The molecule has 2 N–H and O–H groups in total. The first-order chi connectivity index (χ1) is 16.0. The van der Waals surface area contributed by atoms with E-state index in [-0.39, 0.29) is 11.8 Å². The second-order valence-corrected chi connectivity index (χ2v) is 8.35. The van der Waals surface area contributed by atoms with Gasteiger partial charge < -0.3 is 19.9 Å². The summed E-state index contributed by atoms with van der Waals surface area (Å²) in [6.07, 6.45) is 0.905. The summed E-state index contributed by atoms with van der Waals surface area (Å²) < 4.78 is 17.7. The molecular formula is C26H21BrN2O4. The van der Waals surface area contributed by atoms with Crippen LogP contribution in [0, 0.1) is 11.3 Å². The maximum atomic E-state index is 12.6. The third-order valence-corrected chi connectivity index (χ3v) is 5.70. The van der Waals surface area contributed by atoms with Crippen LogP contribution >= 0.6 is 15.9 Å². The quantitative estimate of drug-likeness (QED) is 0.343. The van der Waals surface area contributed by atoms with Crippen LogP contribution < -0.4 is 19.9 Å². The molecule has 1 atom stereocenters. The molecule has 0 saturated heterocycles. The van der Waals surface area contributed by atoms with Crippen LogP contribution in [0.3, 0.4) is 0 Å². The van der Waals surface area contributed by atoms with Gasteiger partial charge in [0.05, 0.1) is 18.1 Å². The first-order valence-electron chi connectivity index (χ1n) is 10.4. The van der Waals surface area contributed by atoms with E-state index in [1.165, 1.54) is 0 Å². The summed E-state index contributed by atoms with van der Waals surface area (Å²) in [5.74, 6) is 0.598. The highest BCUT2D eigenvalue weighted by Gasteiger charge is 2.31. The summed E-state index contributed by atoms with van der Waals surface area (Å²) in [4.78, 5) is 12.6. The van der Waals surface area contributed by atoms with Gasteiger partial charge in [0, 0.05) is 16.1 Å². The number of carbonyl (C=O) groups is 1. The SMILES string of the molecule is CCCOc1ccc(C(=O)Oc2ccc3c(c2)OC(N)=C(C#N)C3c2ccc(Br)cc2)cc1. The summed E-state index contributed by atoms with van der Waals surface area (Å²) in [6, 6.07) is 21.7. The Balaban J connectivity index is 1.58. The average molecular weight is 505 g/mol. The van der Waals surface area contributed by atoms with Gasteiger partial charge in [0.15, 0.2) is 0 Å². The van der Waals surface area contributed by atoms with Crippen molar-refractivity contribution in [1.82, 2.24) is 0 Å². The Labute approximate surface area is 200 Å². The zero-order chi connectivity index (χ0) is 23.4. The van der Waals surface area contributed by atoms with Gasteiger partial charge in [0.25, 0.3) is 0 Å². The molecule has 0 radical (unpaired) electrons. The highest BCUT2D eigenvalue weighted by Crippen LogP contribution is 2.43. The van der Waals surface area contributed by atoms with Crippen molar-refractivity contribution in [3.8, 4) is 23.3 Å². The molecule has 1 aliphatic rings. The lowest BCUT2D eigenvalue weighted by Gasteiger charge is -2.26. The molecule has 1 heterocycles. The largest absolute Gasteiger partial charge is 0.494 e. The van der Waals surface area contributed by atoms with Crippen LogP contribution in [-0.4, -0.2) is 12.6 Å². The lowest BCUT2D eigenvalue weighted by Crippen LogP contribution is -2.21. The summed E-state index contributed by atoms with van der Waals surface area (Å²) in [5.41, 5.74) is 8.46. The lowest BCUT2D eigenvalue weighted by atomic mass is 9.83. The first kappa shape index (κ1) is 22.4. The fraction of sp³-hybridized carbons (Fsp3) is 0.154. The molecule has 0 amide bonds.